The van der Waals surface area contributed by atoms with Crippen LogP contribution in [0.2, 0.25) is 0 Å². The monoisotopic (exact) mass is 432 g/mol. The van der Waals surface area contributed by atoms with E-state index in [1.165, 1.54) is 38.6 Å². The van der Waals surface area contributed by atoms with Crippen LogP contribution in [0, 0.1) is 0 Å². The minimum Gasteiger partial charge on any atom is -0.366 e. The molecule has 0 spiro atoms. The van der Waals surface area contributed by atoms with E-state index in [4.69, 9.17) is 9.57 Å². The first-order valence-corrected chi connectivity index (χ1v) is 11.6. The summed E-state index contributed by atoms with van der Waals surface area (Å²) in [5.41, 5.74) is 2.64. The van der Waals surface area contributed by atoms with Crippen LogP contribution in [-0.4, -0.2) is 53.9 Å². The Balaban J connectivity index is 1.25. The summed E-state index contributed by atoms with van der Waals surface area (Å²) in [6, 6.07) is 4.71. The number of nitrogens with zero attached hydrogens (tertiary/aromatic N) is 2. The molecule has 1 aromatic rings. The molecule has 2 saturated heterocycles. The first kappa shape index (κ1) is 22.2. The minimum absolute atomic E-state index is 0.380. The summed E-state index contributed by atoms with van der Waals surface area (Å²) in [5, 5.41) is 3.51. The zero-order chi connectivity index (χ0) is 21.5. The van der Waals surface area contributed by atoms with Gasteiger partial charge in [-0.15, -0.1) is 0 Å². The van der Waals surface area contributed by atoms with Crippen molar-refractivity contribution in [2.45, 2.75) is 76.2 Å². The van der Waals surface area contributed by atoms with Gasteiger partial charge in [0.15, 0.2) is 12.1 Å². The van der Waals surface area contributed by atoms with Crippen LogP contribution in [0.3, 0.4) is 0 Å². The Kier molecular flexibility index (Phi) is 7.88. The molecule has 1 aromatic heterocycles. The second kappa shape index (κ2) is 11.0. The lowest BCUT2D eigenvalue weighted by Crippen LogP contribution is -2.46. The van der Waals surface area contributed by atoms with Gasteiger partial charge in [-0.05, 0) is 68.8 Å². The molecule has 2 atom stereocenters. The van der Waals surface area contributed by atoms with Crippen molar-refractivity contribution < 1.29 is 18.8 Å². The number of nitrogens with one attached hydrogen (secondary N) is 2. The van der Waals surface area contributed by atoms with E-state index in [2.05, 4.69) is 20.7 Å². The lowest BCUT2D eigenvalue weighted by molar-refractivity contribution is -0.199. The molecule has 8 heteroatoms. The van der Waals surface area contributed by atoms with Crippen molar-refractivity contribution in [3.63, 3.8) is 0 Å². The van der Waals surface area contributed by atoms with Crippen LogP contribution in [0.15, 0.2) is 24.2 Å². The highest BCUT2D eigenvalue weighted by molar-refractivity contribution is 5.94. The summed E-state index contributed by atoms with van der Waals surface area (Å²) in [5.74, 6) is -1.08. The van der Waals surface area contributed by atoms with Gasteiger partial charge in [-0.3, -0.25) is 9.69 Å². The number of aromatic nitrogens is 1. The van der Waals surface area contributed by atoms with E-state index in [-0.39, 0.29) is 0 Å². The van der Waals surface area contributed by atoms with Gasteiger partial charge in [0.25, 0.3) is 0 Å². The van der Waals surface area contributed by atoms with Crippen LogP contribution >= 0.6 is 0 Å². The first-order chi connectivity index (χ1) is 15.2. The number of rotatable bonds is 7. The molecule has 1 unspecified atom stereocenters. The third-order valence-electron chi connectivity index (χ3n) is 6.36. The molecule has 2 N–H and O–H groups in total. The Morgan fingerprint density at radius 2 is 2.00 bits per heavy atom. The second-order valence-electron chi connectivity index (χ2n) is 8.73. The number of hydroxylamine groups is 1. The third kappa shape index (κ3) is 6.48. The zero-order valence-corrected chi connectivity index (χ0v) is 18.0. The van der Waals surface area contributed by atoms with E-state index in [9.17, 15) is 9.18 Å². The van der Waals surface area contributed by atoms with Crippen LogP contribution < -0.4 is 10.8 Å². The van der Waals surface area contributed by atoms with Gasteiger partial charge in [0.2, 0.25) is 0 Å². The molecule has 1 aliphatic carbocycles. The van der Waals surface area contributed by atoms with Crippen molar-refractivity contribution in [3.8, 4) is 0 Å². The van der Waals surface area contributed by atoms with E-state index in [0.29, 0.717) is 24.6 Å². The number of hydrogen-bond donors (Lipinski definition) is 2. The average molecular weight is 433 g/mol. The number of carbonyl (C=O) groups is 1. The topological polar surface area (TPSA) is 75.7 Å². The third-order valence-corrected chi connectivity index (χ3v) is 6.36. The summed E-state index contributed by atoms with van der Waals surface area (Å²) in [6.07, 6.45) is 12.5. The summed E-state index contributed by atoms with van der Waals surface area (Å²) < 4.78 is 19.5. The zero-order valence-electron chi connectivity index (χ0n) is 18.0. The Morgan fingerprint density at radius 3 is 2.74 bits per heavy atom. The Bertz CT molecular complexity index is 746. The number of carbonyl (C=O) groups excluding carboxylic acids is 1. The molecule has 3 aliphatic rings. The molecule has 2 aliphatic heterocycles. The summed E-state index contributed by atoms with van der Waals surface area (Å²) in [6.45, 7) is 2.83. The van der Waals surface area contributed by atoms with Crippen molar-refractivity contribution in [2.24, 2.45) is 0 Å². The number of ether oxygens (including phenoxy) is 1. The maximum atomic E-state index is 14.2. The number of amides is 1. The molecular formula is C23H33FN4O3. The van der Waals surface area contributed by atoms with Crippen molar-refractivity contribution in [1.82, 2.24) is 15.4 Å². The fourth-order valence-electron chi connectivity index (χ4n) is 4.69. The molecule has 1 amide bonds. The molecule has 4 rings (SSSR count). The molecule has 0 bridgehead atoms. The summed E-state index contributed by atoms with van der Waals surface area (Å²) >= 11 is 0. The van der Waals surface area contributed by atoms with Gasteiger partial charge in [-0.2, -0.15) is 0 Å². The number of pyridine rings is 1. The quantitative estimate of drug-likeness (QED) is 0.504. The SMILES string of the molecule is O=C(NOC1CCCCO1)C(F)=Cc1ccc(N[C@@H]2CCCN(C3CCCC3)C2)nc1. The highest BCUT2D eigenvalue weighted by Crippen LogP contribution is 2.27. The van der Waals surface area contributed by atoms with Crippen LogP contribution in [0.5, 0.6) is 0 Å². The smallest absolute Gasteiger partial charge is 0.303 e. The van der Waals surface area contributed by atoms with Gasteiger partial charge in [-0.25, -0.2) is 19.7 Å². The maximum absolute atomic E-state index is 14.2. The van der Waals surface area contributed by atoms with Crippen molar-refractivity contribution in [3.05, 3.63) is 29.7 Å². The highest BCUT2D eigenvalue weighted by atomic mass is 19.1. The Hall–Kier alpha value is -2.03. The maximum Gasteiger partial charge on any atom is 0.303 e. The second-order valence-corrected chi connectivity index (χ2v) is 8.73. The molecule has 3 heterocycles. The number of anilines is 1. The molecule has 1 saturated carbocycles. The van der Waals surface area contributed by atoms with Crippen molar-refractivity contribution >= 4 is 17.8 Å². The van der Waals surface area contributed by atoms with E-state index < -0.39 is 18.0 Å². The van der Waals surface area contributed by atoms with Crippen LogP contribution in [-0.2, 0) is 14.4 Å². The van der Waals surface area contributed by atoms with Gasteiger partial charge >= 0.3 is 5.91 Å². The van der Waals surface area contributed by atoms with Crippen LogP contribution in [0.25, 0.3) is 6.08 Å². The van der Waals surface area contributed by atoms with Crippen LogP contribution in [0.4, 0.5) is 10.2 Å². The van der Waals surface area contributed by atoms with Gasteiger partial charge < -0.3 is 10.1 Å². The van der Waals surface area contributed by atoms with Gasteiger partial charge in [0, 0.05) is 37.9 Å². The molecule has 0 radical (unpaired) electrons. The van der Waals surface area contributed by atoms with Crippen molar-refractivity contribution in [1.29, 1.82) is 0 Å². The lowest BCUT2D eigenvalue weighted by Gasteiger charge is -2.37. The minimum atomic E-state index is -0.933. The number of piperidine rings is 1. The highest BCUT2D eigenvalue weighted by Gasteiger charge is 2.27. The number of hydrogen-bond acceptors (Lipinski definition) is 6. The molecular weight excluding hydrogens is 399 g/mol. The fourth-order valence-corrected chi connectivity index (χ4v) is 4.69. The van der Waals surface area contributed by atoms with Crippen molar-refractivity contribution in [2.75, 3.05) is 25.0 Å². The molecule has 0 aromatic carbocycles. The number of halogens is 1. The average Bonchev–Trinajstić information content (AvgIpc) is 3.35. The first-order valence-electron chi connectivity index (χ1n) is 11.6. The summed E-state index contributed by atoms with van der Waals surface area (Å²) in [4.78, 5) is 24.0. The van der Waals surface area contributed by atoms with Gasteiger partial charge in [-0.1, -0.05) is 12.8 Å². The van der Waals surface area contributed by atoms with E-state index in [1.807, 2.05) is 6.07 Å². The molecule has 31 heavy (non-hydrogen) atoms. The van der Waals surface area contributed by atoms with E-state index in [1.54, 1.807) is 12.3 Å². The van der Waals surface area contributed by atoms with Gasteiger partial charge in [0.1, 0.15) is 5.82 Å². The normalized spacial score (nSPS) is 26.0. The lowest BCUT2D eigenvalue weighted by atomic mass is 10.0. The number of likely N-dealkylation sites (tertiary alicyclic amines) is 1. The molecule has 7 nitrogen and oxygen atoms in total. The summed E-state index contributed by atoms with van der Waals surface area (Å²) in [7, 11) is 0. The molecule has 3 fully saturated rings. The van der Waals surface area contributed by atoms with Crippen LogP contribution in [0.1, 0.15) is 63.4 Å². The van der Waals surface area contributed by atoms with E-state index in [0.717, 1.165) is 43.7 Å². The Labute approximate surface area is 183 Å². The largest absolute Gasteiger partial charge is 0.366 e. The van der Waals surface area contributed by atoms with E-state index >= 15 is 0 Å². The predicted molar refractivity (Wildman–Crippen MR) is 117 cm³/mol. The Morgan fingerprint density at radius 1 is 1.16 bits per heavy atom. The molecule has 170 valence electrons. The predicted octanol–water partition coefficient (Wildman–Crippen LogP) is 3.79. The standard InChI is InChI=1S/C23H33FN4O3/c24-20(23(29)27-31-22-9-3-4-13-30-22)14-17-10-11-21(25-15-17)26-18-6-5-12-28(16-18)19-7-1-2-8-19/h10-11,14-15,18-19,22H,1-9,12-13,16H2,(H,25,26)(H,27,29)/t18-,22?/m1/s1. The fraction of sp³-hybridized carbons (Fsp3) is 0.652. The van der Waals surface area contributed by atoms with Gasteiger partial charge in [0.05, 0.1) is 0 Å².